The van der Waals surface area contributed by atoms with Crippen molar-refractivity contribution < 1.29 is 14.3 Å². The summed E-state index contributed by atoms with van der Waals surface area (Å²) in [5.74, 6) is -1.74. The predicted molar refractivity (Wildman–Crippen MR) is 76.2 cm³/mol. The molecule has 0 aliphatic carbocycles. The van der Waals surface area contributed by atoms with Crippen molar-refractivity contribution in [2.45, 2.75) is 6.92 Å². The molecule has 2 rings (SSSR count). The van der Waals surface area contributed by atoms with Gasteiger partial charge in [0.25, 0.3) is 0 Å². The zero-order valence-corrected chi connectivity index (χ0v) is 12.2. The van der Waals surface area contributed by atoms with Gasteiger partial charge in [0.1, 0.15) is 0 Å². The van der Waals surface area contributed by atoms with E-state index in [2.05, 4.69) is 15.9 Å². The molecule has 0 saturated heterocycles. The normalized spacial score (nSPS) is 10.5. The van der Waals surface area contributed by atoms with Gasteiger partial charge in [-0.05, 0) is 40.5 Å². The summed E-state index contributed by atoms with van der Waals surface area (Å²) in [4.78, 5) is 11.2. The van der Waals surface area contributed by atoms with Crippen molar-refractivity contribution in [1.29, 1.82) is 0 Å². The Morgan fingerprint density at radius 2 is 1.89 bits per heavy atom. The Morgan fingerprint density at radius 1 is 1.26 bits per heavy atom. The number of hydrogen-bond acceptors (Lipinski definition) is 1. The lowest BCUT2D eigenvalue weighted by molar-refractivity contribution is 0.0697. The molecule has 0 spiro atoms. The smallest absolute Gasteiger partial charge is 0.336 e. The second kappa shape index (κ2) is 5.31. The van der Waals surface area contributed by atoms with Crippen molar-refractivity contribution in [3.05, 3.63) is 56.8 Å². The van der Waals surface area contributed by atoms with Gasteiger partial charge in [0.05, 0.1) is 10.6 Å². The van der Waals surface area contributed by atoms with E-state index in [0.29, 0.717) is 10.0 Å². The fourth-order valence-corrected chi connectivity index (χ4v) is 2.27. The molecule has 0 amide bonds. The van der Waals surface area contributed by atoms with E-state index in [-0.39, 0.29) is 16.1 Å². The zero-order chi connectivity index (χ0) is 14.2. The van der Waals surface area contributed by atoms with Crippen molar-refractivity contribution in [3.8, 4) is 11.1 Å². The molecular weight excluding hydrogens is 335 g/mol. The molecule has 0 bridgehead atoms. The van der Waals surface area contributed by atoms with Crippen molar-refractivity contribution in [3.63, 3.8) is 0 Å². The highest BCUT2D eigenvalue weighted by Gasteiger charge is 2.17. The number of hydrogen-bond donors (Lipinski definition) is 1. The number of aromatic carboxylic acids is 1. The van der Waals surface area contributed by atoms with Gasteiger partial charge in [0.15, 0.2) is 5.82 Å². The molecule has 2 aromatic carbocycles. The van der Waals surface area contributed by atoms with E-state index in [4.69, 9.17) is 11.6 Å². The molecule has 0 radical (unpaired) electrons. The number of carboxylic acids is 1. The molecule has 0 aliphatic heterocycles. The summed E-state index contributed by atoms with van der Waals surface area (Å²) in [5, 5.41) is 9.14. The van der Waals surface area contributed by atoms with Gasteiger partial charge < -0.3 is 5.11 Å². The van der Waals surface area contributed by atoms with E-state index in [1.807, 2.05) is 0 Å². The molecule has 0 atom stereocenters. The van der Waals surface area contributed by atoms with Crippen LogP contribution in [0.1, 0.15) is 15.9 Å². The minimum absolute atomic E-state index is 0.0530. The van der Waals surface area contributed by atoms with Crippen LogP contribution in [0.3, 0.4) is 0 Å². The van der Waals surface area contributed by atoms with Gasteiger partial charge in [-0.3, -0.25) is 0 Å². The summed E-state index contributed by atoms with van der Waals surface area (Å²) in [6.07, 6.45) is 0. The summed E-state index contributed by atoms with van der Waals surface area (Å²) in [6, 6.07) is 7.92. The fraction of sp³-hybridized carbons (Fsp3) is 0.0714. The van der Waals surface area contributed by atoms with Crippen molar-refractivity contribution in [1.82, 2.24) is 0 Å². The third kappa shape index (κ3) is 2.65. The highest BCUT2D eigenvalue weighted by atomic mass is 79.9. The minimum Gasteiger partial charge on any atom is -0.478 e. The minimum atomic E-state index is -1.10. The van der Waals surface area contributed by atoms with Crippen LogP contribution < -0.4 is 0 Å². The average Bonchev–Trinajstić information content (AvgIpc) is 2.37. The summed E-state index contributed by atoms with van der Waals surface area (Å²) in [5.41, 5.74) is 1.33. The van der Waals surface area contributed by atoms with E-state index >= 15 is 0 Å². The molecule has 0 heterocycles. The van der Waals surface area contributed by atoms with Gasteiger partial charge in [-0.1, -0.05) is 35.4 Å². The summed E-state index contributed by atoms with van der Waals surface area (Å²) in [6.45, 7) is 1.78. The lowest BCUT2D eigenvalue weighted by atomic mass is 9.97. The van der Waals surface area contributed by atoms with Crippen LogP contribution in [0, 0.1) is 12.7 Å². The average molecular weight is 344 g/mol. The van der Waals surface area contributed by atoms with Crippen LogP contribution in [0.15, 0.2) is 34.8 Å². The van der Waals surface area contributed by atoms with E-state index in [9.17, 15) is 14.3 Å². The zero-order valence-electron chi connectivity index (χ0n) is 9.88. The predicted octanol–water partition coefficient (Wildman–Crippen LogP) is 4.92. The summed E-state index contributed by atoms with van der Waals surface area (Å²) >= 11 is 8.95. The van der Waals surface area contributed by atoms with Crippen molar-refractivity contribution in [2.24, 2.45) is 0 Å². The molecule has 2 aromatic rings. The molecule has 0 saturated carbocycles. The molecule has 5 heteroatoms. The maximum Gasteiger partial charge on any atom is 0.336 e. The Morgan fingerprint density at radius 3 is 2.53 bits per heavy atom. The highest BCUT2D eigenvalue weighted by molar-refractivity contribution is 9.10. The Bertz CT molecular complexity index is 671. The molecule has 2 nitrogen and oxygen atoms in total. The molecule has 0 fully saturated rings. The first-order chi connectivity index (χ1) is 8.91. The monoisotopic (exact) mass is 342 g/mol. The summed E-state index contributed by atoms with van der Waals surface area (Å²) in [7, 11) is 0. The number of benzene rings is 2. The maximum absolute atomic E-state index is 14.1. The molecular formula is C14H9BrClFO2. The Labute approximate surface area is 123 Å². The third-order valence-corrected chi connectivity index (χ3v) is 3.99. The molecule has 0 aliphatic rings. The van der Waals surface area contributed by atoms with Crippen LogP contribution in [0.2, 0.25) is 5.02 Å². The SMILES string of the molecule is Cc1ccc(-c2ccc(Br)c(Cl)c2F)c(C(=O)O)c1. The van der Waals surface area contributed by atoms with Crippen LogP contribution in [0.25, 0.3) is 11.1 Å². The van der Waals surface area contributed by atoms with Gasteiger partial charge >= 0.3 is 5.97 Å². The second-order valence-electron chi connectivity index (χ2n) is 4.08. The molecule has 0 aromatic heterocycles. The van der Waals surface area contributed by atoms with E-state index in [1.54, 1.807) is 25.1 Å². The first-order valence-corrected chi connectivity index (χ1v) is 6.56. The van der Waals surface area contributed by atoms with Crippen LogP contribution in [-0.4, -0.2) is 11.1 Å². The largest absolute Gasteiger partial charge is 0.478 e. The number of carbonyl (C=O) groups is 1. The topological polar surface area (TPSA) is 37.3 Å². The van der Waals surface area contributed by atoms with Gasteiger partial charge in [-0.15, -0.1) is 0 Å². The lowest BCUT2D eigenvalue weighted by Crippen LogP contribution is -2.01. The molecule has 98 valence electrons. The van der Waals surface area contributed by atoms with E-state index in [0.717, 1.165) is 5.56 Å². The number of carboxylic acid groups (broad SMARTS) is 1. The van der Waals surface area contributed by atoms with Gasteiger partial charge in [0, 0.05) is 10.0 Å². The highest BCUT2D eigenvalue weighted by Crippen LogP contribution is 2.34. The molecule has 0 unspecified atom stereocenters. The molecule has 19 heavy (non-hydrogen) atoms. The van der Waals surface area contributed by atoms with E-state index in [1.165, 1.54) is 12.1 Å². The van der Waals surface area contributed by atoms with Gasteiger partial charge in [0.2, 0.25) is 0 Å². The third-order valence-electron chi connectivity index (χ3n) is 2.73. The van der Waals surface area contributed by atoms with Crippen LogP contribution in [0.4, 0.5) is 4.39 Å². The van der Waals surface area contributed by atoms with Crippen LogP contribution >= 0.6 is 27.5 Å². The van der Waals surface area contributed by atoms with Gasteiger partial charge in [-0.2, -0.15) is 0 Å². The Kier molecular flexibility index (Phi) is 3.92. The van der Waals surface area contributed by atoms with E-state index < -0.39 is 11.8 Å². The first-order valence-electron chi connectivity index (χ1n) is 5.39. The standard InChI is InChI=1S/C14H9BrClFO2/c1-7-2-3-8(10(6-7)14(18)19)9-4-5-11(15)12(16)13(9)17/h2-6H,1H3,(H,18,19). The van der Waals surface area contributed by atoms with Crippen LogP contribution in [0.5, 0.6) is 0 Å². The molecule has 1 N–H and O–H groups in total. The quantitative estimate of drug-likeness (QED) is 0.786. The first kappa shape index (κ1) is 14.0. The number of aryl methyl sites for hydroxylation is 1. The Hall–Kier alpha value is -1.39. The second-order valence-corrected chi connectivity index (χ2v) is 5.31. The van der Waals surface area contributed by atoms with Gasteiger partial charge in [-0.25, -0.2) is 9.18 Å². The Balaban J connectivity index is 2.72. The van der Waals surface area contributed by atoms with Crippen molar-refractivity contribution in [2.75, 3.05) is 0 Å². The van der Waals surface area contributed by atoms with Crippen LogP contribution in [-0.2, 0) is 0 Å². The maximum atomic E-state index is 14.1. The van der Waals surface area contributed by atoms with Crippen molar-refractivity contribution >= 4 is 33.5 Å². The fourth-order valence-electron chi connectivity index (χ4n) is 1.80. The lowest BCUT2D eigenvalue weighted by Gasteiger charge is -2.10. The number of rotatable bonds is 2. The summed E-state index contributed by atoms with van der Waals surface area (Å²) < 4.78 is 14.6. The number of halogens is 3.